The van der Waals surface area contributed by atoms with E-state index in [1.165, 1.54) is 0 Å². The third kappa shape index (κ3) is 3.34. The highest BCUT2D eigenvalue weighted by atomic mass is 16.2. The number of fused-ring (bicyclic) bond motifs is 2. The molecule has 2 aliphatic heterocycles. The van der Waals surface area contributed by atoms with Crippen molar-refractivity contribution in [3.8, 4) is 11.1 Å². The summed E-state index contributed by atoms with van der Waals surface area (Å²) in [6.07, 6.45) is 8.87. The number of carbonyl (C=O) groups excluding carboxylic acids is 1. The monoisotopic (exact) mass is 435 g/mol. The third-order valence-corrected chi connectivity index (χ3v) is 7.05. The fourth-order valence-corrected chi connectivity index (χ4v) is 5.29. The Labute approximate surface area is 192 Å². The number of hydrogen-bond acceptors (Lipinski definition) is 4. The van der Waals surface area contributed by atoms with Gasteiger partial charge in [-0.2, -0.15) is 0 Å². The first-order valence-electron chi connectivity index (χ1n) is 11.4. The van der Waals surface area contributed by atoms with Crippen LogP contribution >= 0.6 is 0 Å². The average molecular weight is 436 g/mol. The molecule has 1 amide bonds. The number of benzene rings is 2. The van der Waals surface area contributed by atoms with Gasteiger partial charge in [-0.3, -0.25) is 19.6 Å². The Hall–Kier alpha value is -3.77. The number of H-pyrrole nitrogens is 1. The number of para-hydroxylation sites is 1. The van der Waals surface area contributed by atoms with Crippen LogP contribution in [0.5, 0.6) is 0 Å². The molecule has 6 nitrogen and oxygen atoms in total. The second-order valence-electron chi connectivity index (χ2n) is 8.83. The molecule has 6 rings (SSSR count). The largest absolute Gasteiger partial charge is 0.348 e. The van der Waals surface area contributed by atoms with E-state index >= 15 is 0 Å². The molecule has 164 valence electrons. The Kier molecular flexibility index (Phi) is 4.80. The van der Waals surface area contributed by atoms with Gasteiger partial charge in [0.15, 0.2) is 0 Å². The molecule has 2 aliphatic rings. The smallest absolute Gasteiger partial charge is 0.242 e. The number of piperidine rings is 1. The Morgan fingerprint density at radius 2 is 1.61 bits per heavy atom. The molecule has 0 saturated carbocycles. The highest BCUT2D eigenvalue weighted by Crippen LogP contribution is 2.50. The molecule has 33 heavy (non-hydrogen) atoms. The first-order valence-corrected chi connectivity index (χ1v) is 11.4. The standard InChI is InChI=1S/C27H25N5O/c33-26-27(11-17-31(18-12-27)19-25-29-15-16-30-25)23-3-1-2-4-24(23)32(26)22-7-5-20(6-8-22)21-9-13-28-14-10-21/h1-10,13-16H,11-12,17-19H2,(H,29,30). The number of aromatic nitrogens is 3. The summed E-state index contributed by atoms with van der Waals surface area (Å²) in [5.41, 5.74) is 4.86. The summed E-state index contributed by atoms with van der Waals surface area (Å²) in [6.45, 7) is 2.53. The molecule has 6 heteroatoms. The first kappa shape index (κ1) is 19.9. The van der Waals surface area contributed by atoms with Crippen LogP contribution in [0.15, 0.2) is 85.5 Å². The van der Waals surface area contributed by atoms with Crippen molar-refractivity contribution in [2.45, 2.75) is 24.8 Å². The number of likely N-dealkylation sites (tertiary alicyclic amines) is 1. The van der Waals surface area contributed by atoms with E-state index in [1.54, 1.807) is 18.6 Å². The van der Waals surface area contributed by atoms with Crippen molar-refractivity contribution in [2.24, 2.45) is 0 Å². The highest BCUT2D eigenvalue weighted by molar-refractivity contribution is 6.13. The molecular formula is C27H25N5O. The van der Waals surface area contributed by atoms with Crippen LogP contribution in [0, 0.1) is 0 Å². The molecule has 0 atom stereocenters. The predicted octanol–water partition coefficient (Wildman–Crippen LogP) is 4.68. The van der Waals surface area contributed by atoms with Gasteiger partial charge in [0.05, 0.1) is 17.6 Å². The van der Waals surface area contributed by atoms with Crippen LogP contribution in [-0.2, 0) is 16.8 Å². The van der Waals surface area contributed by atoms with Crippen LogP contribution in [0.1, 0.15) is 24.2 Å². The number of amides is 1. The van der Waals surface area contributed by atoms with E-state index in [9.17, 15) is 4.79 Å². The maximum Gasteiger partial charge on any atom is 0.242 e. The van der Waals surface area contributed by atoms with Crippen molar-refractivity contribution in [2.75, 3.05) is 18.0 Å². The molecule has 2 aromatic heterocycles. The van der Waals surface area contributed by atoms with Crippen molar-refractivity contribution in [3.63, 3.8) is 0 Å². The fraction of sp³-hybridized carbons (Fsp3) is 0.222. The van der Waals surface area contributed by atoms with Crippen molar-refractivity contribution >= 4 is 17.3 Å². The lowest BCUT2D eigenvalue weighted by molar-refractivity contribution is -0.124. The second-order valence-corrected chi connectivity index (χ2v) is 8.83. The topological polar surface area (TPSA) is 65.1 Å². The molecule has 1 fully saturated rings. The van der Waals surface area contributed by atoms with Gasteiger partial charge in [0.25, 0.3) is 0 Å². The first-order chi connectivity index (χ1) is 16.2. The van der Waals surface area contributed by atoms with Gasteiger partial charge >= 0.3 is 0 Å². The number of aromatic amines is 1. The number of rotatable bonds is 4. The average Bonchev–Trinajstić information content (AvgIpc) is 3.47. The minimum atomic E-state index is -0.458. The number of anilines is 2. The molecule has 4 heterocycles. The summed E-state index contributed by atoms with van der Waals surface area (Å²) < 4.78 is 0. The highest BCUT2D eigenvalue weighted by Gasteiger charge is 2.52. The number of pyridine rings is 1. The van der Waals surface area contributed by atoms with Crippen LogP contribution in [0.3, 0.4) is 0 Å². The maximum atomic E-state index is 14.0. The lowest BCUT2D eigenvalue weighted by Gasteiger charge is -2.38. The van der Waals surface area contributed by atoms with Gasteiger partial charge in [-0.1, -0.05) is 30.3 Å². The van der Waals surface area contributed by atoms with Gasteiger partial charge in [0, 0.05) is 30.5 Å². The normalized spacial score (nSPS) is 17.5. The Morgan fingerprint density at radius 1 is 0.879 bits per heavy atom. The van der Waals surface area contributed by atoms with Crippen molar-refractivity contribution in [1.29, 1.82) is 0 Å². The van der Waals surface area contributed by atoms with Crippen LogP contribution in [0.25, 0.3) is 11.1 Å². The summed E-state index contributed by atoms with van der Waals surface area (Å²) in [5, 5.41) is 0. The zero-order valence-corrected chi connectivity index (χ0v) is 18.3. The maximum absolute atomic E-state index is 14.0. The molecule has 1 saturated heterocycles. The van der Waals surface area contributed by atoms with Crippen LogP contribution in [0.2, 0.25) is 0 Å². The van der Waals surface area contributed by atoms with E-state index in [0.717, 1.165) is 66.4 Å². The Bertz CT molecular complexity index is 1260. The van der Waals surface area contributed by atoms with Gasteiger partial charge in [-0.15, -0.1) is 0 Å². The summed E-state index contributed by atoms with van der Waals surface area (Å²) in [7, 11) is 0. The molecule has 0 unspecified atom stereocenters. The lowest BCUT2D eigenvalue weighted by Crippen LogP contribution is -2.47. The zero-order valence-electron chi connectivity index (χ0n) is 18.3. The summed E-state index contributed by atoms with van der Waals surface area (Å²) in [5.74, 6) is 1.16. The molecule has 0 aliphatic carbocycles. The van der Waals surface area contributed by atoms with Gasteiger partial charge in [-0.05, 0) is 73.0 Å². The molecular weight excluding hydrogens is 410 g/mol. The molecule has 4 aromatic rings. The third-order valence-electron chi connectivity index (χ3n) is 7.05. The van der Waals surface area contributed by atoms with Gasteiger partial charge in [0.2, 0.25) is 5.91 Å². The molecule has 1 spiro atoms. The predicted molar refractivity (Wildman–Crippen MR) is 128 cm³/mol. The van der Waals surface area contributed by atoms with E-state index in [4.69, 9.17) is 0 Å². The van der Waals surface area contributed by atoms with Crippen molar-refractivity contribution < 1.29 is 4.79 Å². The Morgan fingerprint density at radius 3 is 2.33 bits per heavy atom. The van der Waals surface area contributed by atoms with E-state index in [2.05, 4.69) is 62.3 Å². The minimum absolute atomic E-state index is 0.193. The second kappa shape index (κ2) is 7.98. The fourth-order valence-electron chi connectivity index (χ4n) is 5.29. The zero-order chi connectivity index (χ0) is 22.3. The lowest BCUT2D eigenvalue weighted by atomic mass is 9.73. The number of carbonyl (C=O) groups is 1. The van der Waals surface area contributed by atoms with E-state index < -0.39 is 5.41 Å². The number of nitrogens with one attached hydrogen (secondary N) is 1. The van der Waals surface area contributed by atoms with Gasteiger partial charge < -0.3 is 4.98 Å². The van der Waals surface area contributed by atoms with Gasteiger partial charge in [0.1, 0.15) is 5.82 Å². The summed E-state index contributed by atoms with van der Waals surface area (Å²) >= 11 is 0. The van der Waals surface area contributed by atoms with Crippen LogP contribution in [0.4, 0.5) is 11.4 Å². The molecule has 0 bridgehead atoms. The quantitative estimate of drug-likeness (QED) is 0.505. The SMILES string of the molecule is O=C1N(c2ccc(-c3ccncc3)cc2)c2ccccc2C12CCN(Cc1ncc[nH]1)CC2. The van der Waals surface area contributed by atoms with E-state index in [0.29, 0.717) is 0 Å². The van der Waals surface area contributed by atoms with Crippen molar-refractivity contribution in [1.82, 2.24) is 19.9 Å². The van der Waals surface area contributed by atoms with Crippen LogP contribution in [-0.4, -0.2) is 38.8 Å². The summed E-state index contributed by atoms with van der Waals surface area (Å²) in [4.78, 5) is 29.9. The van der Waals surface area contributed by atoms with Gasteiger partial charge in [-0.25, -0.2) is 4.98 Å². The number of hydrogen-bond donors (Lipinski definition) is 1. The number of nitrogens with zero attached hydrogens (tertiary/aromatic N) is 4. The Balaban J connectivity index is 1.29. The molecule has 0 radical (unpaired) electrons. The number of imidazole rings is 1. The molecule has 2 aromatic carbocycles. The summed E-state index contributed by atoms with van der Waals surface area (Å²) in [6, 6.07) is 20.6. The van der Waals surface area contributed by atoms with Crippen LogP contribution < -0.4 is 4.90 Å². The van der Waals surface area contributed by atoms with Crippen molar-refractivity contribution in [3.05, 3.63) is 96.8 Å². The molecule has 1 N–H and O–H groups in total. The van der Waals surface area contributed by atoms with E-state index in [1.807, 2.05) is 29.3 Å². The van der Waals surface area contributed by atoms with E-state index in [-0.39, 0.29) is 5.91 Å². The minimum Gasteiger partial charge on any atom is -0.348 e.